The van der Waals surface area contributed by atoms with Crippen molar-refractivity contribution in [3.63, 3.8) is 0 Å². The van der Waals surface area contributed by atoms with Crippen molar-refractivity contribution in [1.82, 2.24) is 19.7 Å². The third-order valence-corrected chi connectivity index (χ3v) is 7.34. The van der Waals surface area contributed by atoms with Gasteiger partial charge in [-0.1, -0.05) is 23.9 Å². The number of para-hydroxylation sites is 1. The lowest BCUT2D eigenvalue weighted by atomic mass is 10.2. The first-order valence-corrected chi connectivity index (χ1v) is 11.8. The van der Waals surface area contributed by atoms with Crippen molar-refractivity contribution in [2.24, 2.45) is 0 Å². The molecule has 6 nitrogen and oxygen atoms in total. The van der Waals surface area contributed by atoms with Crippen LogP contribution in [0.25, 0.3) is 21.6 Å². The van der Waals surface area contributed by atoms with E-state index in [1.165, 1.54) is 4.70 Å². The van der Waals surface area contributed by atoms with E-state index in [2.05, 4.69) is 33.0 Å². The lowest BCUT2D eigenvalue weighted by Gasteiger charge is -2.14. The minimum absolute atomic E-state index is 0.208. The van der Waals surface area contributed by atoms with E-state index in [-0.39, 0.29) is 6.10 Å². The Hall–Kier alpha value is -2.42. The fourth-order valence-electron chi connectivity index (χ4n) is 3.61. The average molecular weight is 439 g/mol. The summed E-state index contributed by atoms with van der Waals surface area (Å²) in [5, 5.41) is 11.0. The van der Waals surface area contributed by atoms with Crippen LogP contribution in [0.1, 0.15) is 17.8 Å². The van der Waals surface area contributed by atoms with Crippen LogP contribution in [-0.4, -0.2) is 39.6 Å². The Labute approximate surface area is 183 Å². The van der Waals surface area contributed by atoms with E-state index < -0.39 is 0 Å². The molecule has 0 saturated carbocycles. The highest BCUT2D eigenvalue weighted by Gasteiger charge is 2.22. The number of methoxy groups -OCH3 is 1. The van der Waals surface area contributed by atoms with E-state index in [1.807, 2.05) is 30.3 Å². The zero-order chi connectivity index (χ0) is 20.3. The third-order valence-electron chi connectivity index (χ3n) is 5.14. The monoisotopic (exact) mass is 438 g/mol. The van der Waals surface area contributed by atoms with Gasteiger partial charge in [-0.05, 0) is 49.2 Å². The molecule has 3 heterocycles. The van der Waals surface area contributed by atoms with Crippen LogP contribution in [0.5, 0.6) is 5.75 Å². The molecule has 1 saturated heterocycles. The maximum absolute atomic E-state index is 5.90. The molecule has 8 heteroatoms. The smallest absolute Gasteiger partial charge is 0.191 e. The van der Waals surface area contributed by atoms with Crippen LogP contribution < -0.4 is 4.74 Å². The van der Waals surface area contributed by atoms with Crippen LogP contribution in [0.15, 0.2) is 53.7 Å². The Morgan fingerprint density at radius 3 is 2.80 bits per heavy atom. The number of benzene rings is 2. The standard InChI is InChI=1S/C22H22N4O2S2/c1-27-16-10-8-15(9-11-16)21-24-25-22(26(21)13-17-5-4-12-28-17)29-14-20-23-18-6-2-3-7-19(18)30-20/h2-3,6-11,17H,4-5,12-14H2,1H3/t17-/m0/s1. The van der Waals surface area contributed by atoms with Gasteiger partial charge in [-0.15, -0.1) is 21.5 Å². The summed E-state index contributed by atoms with van der Waals surface area (Å²) in [5.74, 6) is 2.46. The lowest BCUT2D eigenvalue weighted by molar-refractivity contribution is 0.0953. The molecule has 0 radical (unpaired) electrons. The van der Waals surface area contributed by atoms with Crippen LogP contribution in [0.3, 0.4) is 0 Å². The van der Waals surface area contributed by atoms with E-state index >= 15 is 0 Å². The van der Waals surface area contributed by atoms with Gasteiger partial charge in [0.05, 0.1) is 35.7 Å². The number of rotatable bonds is 7. The first kappa shape index (κ1) is 19.5. The molecule has 0 spiro atoms. The number of ether oxygens (including phenoxy) is 2. The fourth-order valence-corrected chi connectivity index (χ4v) is 5.52. The van der Waals surface area contributed by atoms with E-state index in [4.69, 9.17) is 14.5 Å². The summed E-state index contributed by atoms with van der Waals surface area (Å²) in [6, 6.07) is 16.2. The van der Waals surface area contributed by atoms with Gasteiger partial charge in [-0.25, -0.2) is 4.98 Å². The summed E-state index contributed by atoms with van der Waals surface area (Å²) >= 11 is 3.41. The summed E-state index contributed by atoms with van der Waals surface area (Å²) in [6.07, 6.45) is 2.39. The molecule has 0 aliphatic carbocycles. The second-order valence-corrected chi connectivity index (χ2v) is 9.20. The van der Waals surface area contributed by atoms with Crippen LogP contribution in [-0.2, 0) is 17.0 Å². The molecular weight excluding hydrogens is 416 g/mol. The minimum atomic E-state index is 0.208. The van der Waals surface area contributed by atoms with Crippen molar-refractivity contribution in [1.29, 1.82) is 0 Å². The predicted octanol–water partition coefficient (Wildman–Crippen LogP) is 5.03. The number of nitrogens with zero attached hydrogens (tertiary/aromatic N) is 4. The lowest BCUT2D eigenvalue weighted by Crippen LogP contribution is -2.16. The molecule has 2 aromatic heterocycles. The summed E-state index contributed by atoms with van der Waals surface area (Å²) in [4.78, 5) is 4.75. The summed E-state index contributed by atoms with van der Waals surface area (Å²) in [7, 11) is 1.67. The normalized spacial score (nSPS) is 16.4. The molecule has 4 aromatic rings. The molecule has 0 bridgehead atoms. The Kier molecular flexibility index (Phi) is 5.70. The Bertz CT molecular complexity index is 1100. The molecule has 2 aromatic carbocycles. The SMILES string of the molecule is COc1ccc(-c2nnc(SCc3nc4ccccc4s3)n2C[C@@H]2CCCO2)cc1. The fraction of sp³-hybridized carbons (Fsp3) is 0.318. The van der Waals surface area contributed by atoms with E-state index in [0.29, 0.717) is 0 Å². The van der Waals surface area contributed by atoms with Crippen LogP contribution in [0, 0.1) is 0 Å². The highest BCUT2D eigenvalue weighted by atomic mass is 32.2. The van der Waals surface area contributed by atoms with Gasteiger partial charge in [0.15, 0.2) is 11.0 Å². The van der Waals surface area contributed by atoms with Gasteiger partial charge in [0.2, 0.25) is 0 Å². The number of thioether (sulfide) groups is 1. The highest BCUT2D eigenvalue weighted by Crippen LogP contribution is 2.31. The van der Waals surface area contributed by atoms with Crippen molar-refractivity contribution >= 4 is 33.3 Å². The van der Waals surface area contributed by atoms with Gasteiger partial charge in [-0.2, -0.15) is 0 Å². The second-order valence-electron chi connectivity index (χ2n) is 7.14. The third kappa shape index (κ3) is 4.08. The van der Waals surface area contributed by atoms with Crippen molar-refractivity contribution in [2.45, 2.75) is 36.4 Å². The maximum Gasteiger partial charge on any atom is 0.191 e. The van der Waals surface area contributed by atoms with Gasteiger partial charge in [0.1, 0.15) is 10.8 Å². The van der Waals surface area contributed by atoms with Crippen molar-refractivity contribution < 1.29 is 9.47 Å². The molecule has 1 fully saturated rings. The molecular formula is C22H22N4O2S2. The molecule has 0 amide bonds. The Morgan fingerprint density at radius 2 is 2.03 bits per heavy atom. The van der Waals surface area contributed by atoms with Gasteiger partial charge in [0.25, 0.3) is 0 Å². The van der Waals surface area contributed by atoms with Crippen LogP contribution >= 0.6 is 23.1 Å². The van der Waals surface area contributed by atoms with Crippen molar-refractivity contribution in [3.8, 4) is 17.1 Å². The molecule has 0 unspecified atom stereocenters. The van der Waals surface area contributed by atoms with E-state index in [9.17, 15) is 0 Å². The molecule has 0 N–H and O–H groups in total. The van der Waals surface area contributed by atoms with Gasteiger partial charge < -0.3 is 9.47 Å². The topological polar surface area (TPSA) is 62.1 Å². The number of hydrogen-bond acceptors (Lipinski definition) is 7. The molecule has 5 rings (SSSR count). The molecule has 30 heavy (non-hydrogen) atoms. The van der Waals surface area contributed by atoms with Gasteiger partial charge in [-0.3, -0.25) is 4.57 Å². The molecule has 1 aliphatic rings. The average Bonchev–Trinajstić information content (AvgIpc) is 3.52. The second kappa shape index (κ2) is 8.75. The molecule has 154 valence electrons. The molecule has 1 aliphatic heterocycles. The quantitative estimate of drug-likeness (QED) is 0.377. The van der Waals surface area contributed by atoms with Crippen LogP contribution in [0.2, 0.25) is 0 Å². The molecule has 1 atom stereocenters. The van der Waals surface area contributed by atoms with Crippen molar-refractivity contribution in [3.05, 3.63) is 53.5 Å². The predicted molar refractivity (Wildman–Crippen MR) is 120 cm³/mol. The van der Waals surface area contributed by atoms with Gasteiger partial charge >= 0.3 is 0 Å². The number of thiazole rings is 1. The zero-order valence-electron chi connectivity index (χ0n) is 16.7. The summed E-state index contributed by atoms with van der Waals surface area (Å²) in [5.41, 5.74) is 2.07. The van der Waals surface area contributed by atoms with Crippen LogP contribution in [0.4, 0.5) is 0 Å². The Balaban J connectivity index is 1.41. The first-order chi connectivity index (χ1) is 14.8. The van der Waals surface area contributed by atoms with E-state index in [1.54, 1.807) is 30.2 Å². The number of aromatic nitrogens is 4. The van der Waals surface area contributed by atoms with Crippen molar-refractivity contribution in [2.75, 3.05) is 13.7 Å². The number of hydrogen-bond donors (Lipinski definition) is 0. The largest absolute Gasteiger partial charge is 0.497 e. The summed E-state index contributed by atoms with van der Waals surface area (Å²) < 4.78 is 14.6. The zero-order valence-corrected chi connectivity index (χ0v) is 18.3. The first-order valence-electron chi connectivity index (χ1n) is 9.96. The van der Waals surface area contributed by atoms with Gasteiger partial charge in [0, 0.05) is 12.2 Å². The summed E-state index contributed by atoms with van der Waals surface area (Å²) in [6.45, 7) is 1.59. The van der Waals surface area contributed by atoms with E-state index in [0.717, 1.165) is 64.6 Å². The highest BCUT2D eigenvalue weighted by molar-refractivity contribution is 7.98. The minimum Gasteiger partial charge on any atom is -0.497 e. The number of fused-ring (bicyclic) bond motifs is 1. The maximum atomic E-state index is 5.90. The Morgan fingerprint density at radius 1 is 1.17 bits per heavy atom.